The normalized spacial score (nSPS) is 15.4. The maximum Gasteiger partial charge on any atom is 0.262 e. The van der Waals surface area contributed by atoms with Crippen molar-refractivity contribution in [3.63, 3.8) is 0 Å². The molecule has 1 aliphatic rings. The van der Waals surface area contributed by atoms with E-state index in [1.54, 1.807) is 6.92 Å². The van der Waals surface area contributed by atoms with Crippen molar-refractivity contribution in [1.82, 2.24) is 15.5 Å². The van der Waals surface area contributed by atoms with Crippen molar-refractivity contribution in [2.45, 2.75) is 53.5 Å². The maximum absolute atomic E-state index is 12.8. The molecular formula is C33H46N4O3S. The lowest BCUT2D eigenvalue weighted by Crippen LogP contribution is -2.44. The molecule has 0 saturated carbocycles. The minimum Gasteiger partial charge on any atom is -0.396 e. The third-order valence-corrected chi connectivity index (χ3v) is 8.04. The quantitative estimate of drug-likeness (QED) is 0.275. The number of morpholine rings is 1. The van der Waals surface area contributed by atoms with E-state index < -0.39 is 11.4 Å². The summed E-state index contributed by atoms with van der Waals surface area (Å²) in [6.07, 6.45) is 4.59. The molecule has 1 saturated heterocycles. The average molecular weight is 579 g/mol. The zero-order valence-electron chi connectivity index (χ0n) is 25.5. The van der Waals surface area contributed by atoms with E-state index >= 15 is 0 Å². The van der Waals surface area contributed by atoms with E-state index in [0.717, 1.165) is 70.8 Å². The summed E-state index contributed by atoms with van der Waals surface area (Å²) < 4.78 is 5.42. The van der Waals surface area contributed by atoms with Crippen molar-refractivity contribution in [2.24, 2.45) is 0 Å². The highest BCUT2D eigenvalue weighted by atomic mass is 32.1. The van der Waals surface area contributed by atoms with E-state index in [2.05, 4.69) is 58.5 Å². The number of allylic oxidation sites excluding steroid dienone is 3. The standard InChI is InChI=1S/C31H40N4O3S.C2H6/c1-6-26(33-12-13-35-14-17-38-18-15-35)20-24-7-8-25(19-22(24)2)29-10-9-28(39-29)23(3)27(21-32)30(37)34-31(4,5)11-16-36;1-2/h6-10,19-20,33,36H,2,11-18H2,1,3-5H3,(H,34,37);1-2H3/b24-20-,26-6+,27-23+;. The zero-order valence-corrected chi connectivity index (χ0v) is 26.3. The van der Waals surface area contributed by atoms with Crippen LogP contribution in [0, 0.1) is 11.3 Å². The molecule has 0 bridgehead atoms. The Kier molecular flexibility index (Phi) is 14.0. The number of hydrogen-bond donors (Lipinski definition) is 3. The number of carbonyl (C=O) groups excluding carboxylic acids is 1. The lowest BCUT2D eigenvalue weighted by Gasteiger charge is -2.26. The first-order valence-electron chi connectivity index (χ1n) is 14.3. The van der Waals surface area contributed by atoms with Gasteiger partial charge in [0.25, 0.3) is 5.91 Å². The largest absolute Gasteiger partial charge is 0.396 e. The van der Waals surface area contributed by atoms with Gasteiger partial charge in [0.15, 0.2) is 0 Å². The van der Waals surface area contributed by atoms with Gasteiger partial charge in [-0.2, -0.15) is 5.26 Å². The van der Waals surface area contributed by atoms with E-state index in [0.29, 0.717) is 12.0 Å². The molecule has 0 aliphatic carbocycles. The number of nitrogens with one attached hydrogen (secondary N) is 2. The van der Waals surface area contributed by atoms with Crippen LogP contribution < -0.4 is 21.1 Å². The number of amides is 1. The molecule has 2 heterocycles. The second kappa shape index (κ2) is 16.9. The molecule has 0 atom stereocenters. The number of thiophene rings is 1. The SMILES string of the molecule is C=c1cc(-c2ccc(/C(C)=C(\C#N)C(=O)NC(C)(C)CCO)s2)cc/c1=C/C(=C\C)NCCN1CCOCC1.CC. The molecule has 1 aromatic carbocycles. The summed E-state index contributed by atoms with van der Waals surface area (Å²) in [7, 11) is 0. The van der Waals surface area contributed by atoms with Crippen molar-refractivity contribution in [3.8, 4) is 16.5 Å². The number of rotatable bonds is 11. The summed E-state index contributed by atoms with van der Waals surface area (Å²) in [6, 6.07) is 12.2. The molecule has 0 unspecified atom stereocenters. The van der Waals surface area contributed by atoms with Crippen LogP contribution in [0.3, 0.4) is 0 Å². The Morgan fingerprint density at radius 3 is 2.56 bits per heavy atom. The second-order valence-electron chi connectivity index (χ2n) is 10.3. The lowest BCUT2D eigenvalue weighted by molar-refractivity contribution is -0.118. The van der Waals surface area contributed by atoms with Gasteiger partial charge < -0.3 is 20.5 Å². The highest BCUT2D eigenvalue weighted by molar-refractivity contribution is 7.16. The first kappa shape index (κ1) is 34.0. The summed E-state index contributed by atoms with van der Waals surface area (Å²) in [5.74, 6) is -0.429. The van der Waals surface area contributed by atoms with Crippen LogP contribution in [0.2, 0.25) is 0 Å². The molecule has 222 valence electrons. The van der Waals surface area contributed by atoms with Crippen molar-refractivity contribution < 1.29 is 14.6 Å². The molecule has 0 spiro atoms. The van der Waals surface area contributed by atoms with E-state index in [4.69, 9.17) is 4.74 Å². The Balaban J connectivity index is 0.00000287. The first-order chi connectivity index (χ1) is 19.7. The highest BCUT2D eigenvalue weighted by Gasteiger charge is 2.23. The van der Waals surface area contributed by atoms with Crippen LogP contribution in [0.5, 0.6) is 0 Å². The Hall–Kier alpha value is -3.22. The van der Waals surface area contributed by atoms with Gasteiger partial charge in [0.2, 0.25) is 0 Å². The van der Waals surface area contributed by atoms with Gasteiger partial charge in [-0.1, -0.05) is 38.6 Å². The number of ether oxygens (including phenoxy) is 1. The van der Waals surface area contributed by atoms with Crippen LogP contribution in [0.1, 0.15) is 52.8 Å². The van der Waals surface area contributed by atoms with Crippen LogP contribution in [0.25, 0.3) is 28.7 Å². The first-order valence-corrected chi connectivity index (χ1v) is 15.1. The minimum absolute atomic E-state index is 0.0432. The van der Waals surface area contributed by atoms with E-state index in [1.807, 2.05) is 46.8 Å². The fourth-order valence-corrected chi connectivity index (χ4v) is 5.33. The van der Waals surface area contributed by atoms with E-state index in [1.165, 1.54) is 11.3 Å². The molecule has 3 rings (SSSR count). The van der Waals surface area contributed by atoms with Crippen molar-refractivity contribution >= 4 is 35.5 Å². The smallest absolute Gasteiger partial charge is 0.262 e. The highest BCUT2D eigenvalue weighted by Crippen LogP contribution is 2.32. The topological polar surface area (TPSA) is 97.6 Å². The van der Waals surface area contributed by atoms with Crippen molar-refractivity contribution in [3.05, 3.63) is 63.0 Å². The third kappa shape index (κ3) is 10.3. The van der Waals surface area contributed by atoms with Gasteiger partial charge >= 0.3 is 0 Å². The summed E-state index contributed by atoms with van der Waals surface area (Å²) >= 11 is 1.54. The average Bonchev–Trinajstić information content (AvgIpc) is 3.45. The molecule has 1 aromatic heterocycles. The fourth-order valence-electron chi connectivity index (χ4n) is 4.32. The molecule has 1 fully saturated rings. The molecule has 7 nitrogen and oxygen atoms in total. The molecule has 1 aliphatic heterocycles. The van der Waals surface area contributed by atoms with Gasteiger partial charge in [0, 0.05) is 53.8 Å². The van der Waals surface area contributed by atoms with Gasteiger partial charge in [-0.25, -0.2) is 0 Å². The summed E-state index contributed by atoms with van der Waals surface area (Å²) in [6.45, 7) is 21.1. The third-order valence-electron chi connectivity index (χ3n) is 6.79. The number of benzene rings is 1. The van der Waals surface area contributed by atoms with Crippen LogP contribution in [0.4, 0.5) is 0 Å². The molecule has 0 radical (unpaired) electrons. The molecule has 3 N–H and O–H groups in total. The number of hydrogen-bond acceptors (Lipinski definition) is 7. The summed E-state index contributed by atoms with van der Waals surface area (Å²) in [4.78, 5) is 17.1. The minimum atomic E-state index is -0.608. The molecule has 2 aromatic rings. The molecule has 41 heavy (non-hydrogen) atoms. The second-order valence-corrected chi connectivity index (χ2v) is 11.4. The van der Waals surface area contributed by atoms with Crippen molar-refractivity contribution in [2.75, 3.05) is 46.0 Å². The van der Waals surface area contributed by atoms with Gasteiger partial charge in [-0.05, 0) is 80.0 Å². The molecule has 8 heteroatoms. The molecular weight excluding hydrogens is 532 g/mol. The Bertz CT molecular complexity index is 1360. The maximum atomic E-state index is 12.8. The van der Waals surface area contributed by atoms with E-state index in [9.17, 15) is 15.2 Å². The summed E-state index contributed by atoms with van der Waals surface area (Å²) in [5.41, 5.74) is 2.20. The summed E-state index contributed by atoms with van der Waals surface area (Å²) in [5, 5.41) is 27.3. The van der Waals surface area contributed by atoms with Crippen LogP contribution in [-0.2, 0) is 9.53 Å². The number of aliphatic hydroxyl groups is 1. The Morgan fingerprint density at radius 1 is 1.24 bits per heavy atom. The fraction of sp³-hybridized carbons (Fsp3) is 0.455. The zero-order chi connectivity index (χ0) is 30.4. The predicted molar refractivity (Wildman–Crippen MR) is 171 cm³/mol. The van der Waals surface area contributed by atoms with Gasteiger partial charge in [-0.3, -0.25) is 9.69 Å². The number of nitrogens with zero attached hydrogens (tertiary/aromatic N) is 2. The predicted octanol–water partition coefficient (Wildman–Crippen LogP) is 4.03. The number of aliphatic hydroxyl groups excluding tert-OH is 1. The van der Waals surface area contributed by atoms with Crippen LogP contribution in [0.15, 0.2) is 47.7 Å². The monoisotopic (exact) mass is 578 g/mol. The van der Waals surface area contributed by atoms with Crippen LogP contribution >= 0.6 is 11.3 Å². The van der Waals surface area contributed by atoms with Gasteiger partial charge in [0.1, 0.15) is 11.6 Å². The van der Waals surface area contributed by atoms with Crippen LogP contribution in [-0.4, -0.2) is 67.5 Å². The Labute approximate surface area is 249 Å². The van der Waals surface area contributed by atoms with Crippen molar-refractivity contribution in [1.29, 1.82) is 5.26 Å². The molecule has 1 amide bonds. The number of carbonyl (C=O) groups is 1. The Morgan fingerprint density at radius 2 is 1.95 bits per heavy atom. The lowest BCUT2D eigenvalue weighted by atomic mass is 9.99. The van der Waals surface area contributed by atoms with E-state index in [-0.39, 0.29) is 12.2 Å². The van der Waals surface area contributed by atoms with Gasteiger partial charge in [0.05, 0.1) is 13.2 Å². The van der Waals surface area contributed by atoms with Gasteiger partial charge in [-0.15, -0.1) is 11.3 Å². The number of nitriles is 1.